The summed E-state index contributed by atoms with van der Waals surface area (Å²) in [6.45, 7) is 1.72. The third kappa shape index (κ3) is 6.98. The molecule has 0 aliphatic heterocycles. The SMILES string of the molecule is CN=C(NCCc1ccccc1)NCCc1ccc(Cl)s1.I. The van der Waals surface area contributed by atoms with E-state index in [4.69, 9.17) is 11.6 Å². The van der Waals surface area contributed by atoms with Gasteiger partial charge in [0.1, 0.15) is 0 Å². The maximum atomic E-state index is 5.92. The monoisotopic (exact) mass is 449 g/mol. The van der Waals surface area contributed by atoms with Gasteiger partial charge < -0.3 is 10.6 Å². The van der Waals surface area contributed by atoms with Gasteiger partial charge in [0.25, 0.3) is 0 Å². The van der Waals surface area contributed by atoms with E-state index in [9.17, 15) is 0 Å². The van der Waals surface area contributed by atoms with Crippen LogP contribution in [0.25, 0.3) is 0 Å². The lowest BCUT2D eigenvalue weighted by Crippen LogP contribution is -2.39. The zero-order valence-corrected chi connectivity index (χ0v) is 16.4. The van der Waals surface area contributed by atoms with E-state index in [1.165, 1.54) is 10.4 Å². The van der Waals surface area contributed by atoms with Gasteiger partial charge in [-0.25, -0.2) is 0 Å². The Hall–Kier alpha value is -0.790. The van der Waals surface area contributed by atoms with Gasteiger partial charge >= 0.3 is 0 Å². The molecule has 22 heavy (non-hydrogen) atoms. The maximum absolute atomic E-state index is 5.92. The molecule has 1 aromatic heterocycles. The van der Waals surface area contributed by atoms with E-state index in [0.717, 1.165) is 36.2 Å². The molecular formula is C16H21ClIN3S. The summed E-state index contributed by atoms with van der Waals surface area (Å²) in [5.41, 5.74) is 1.33. The summed E-state index contributed by atoms with van der Waals surface area (Å²) in [6.07, 6.45) is 1.94. The van der Waals surface area contributed by atoms with Crippen LogP contribution in [-0.4, -0.2) is 26.1 Å². The Labute approximate surface area is 158 Å². The maximum Gasteiger partial charge on any atom is 0.190 e. The minimum atomic E-state index is 0. The van der Waals surface area contributed by atoms with E-state index in [-0.39, 0.29) is 24.0 Å². The van der Waals surface area contributed by atoms with E-state index in [0.29, 0.717) is 0 Å². The van der Waals surface area contributed by atoms with Crippen molar-refractivity contribution in [2.75, 3.05) is 20.1 Å². The lowest BCUT2D eigenvalue weighted by Gasteiger charge is -2.11. The Morgan fingerprint density at radius 3 is 2.32 bits per heavy atom. The Morgan fingerprint density at radius 2 is 1.73 bits per heavy atom. The van der Waals surface area contributed by atoms with E-state index in [1.807, 2.05) is 12.1 Å². The van der Waals surface area contributed by atoms with Crippen LogP contribution >= 0.6 is 46.9 Å². The van der Waals surface area contributed by atoms with Crippen LogP contribution in [0.1, 0.15) is 10.4 Å². The molecule has 0 aliphatic carbocycles. The van der Waals surface area contributed by atoms with Gasteiger partial charge in [0.05, 0.1) is 4.34 Å². The fourth-order valence-electron chi connectivity index (χ4n) is 1.98. The first-order valence-corrected chi connectivity index (χ1v) is 8.20. The molecule has 6 heteroatoms. The molecule has 2 N–H and O–H groups in total. The van der Waals surface area contributed by atoms with Crippen LogP contribution in [0.15, 0.2) is 47.5 Å². The Kier molecular flexibility index (Phi) is 9.50. The molecule has 3 nitrogen and oxygen atoms in total. The lowest BCUT2D eigenvalue weighted by atomic mass is 10.1. The highest BCUT2D eigenvalue weighted by Crippen LogP contribution is 2.21. The van der Waals surface area contributed by atoms with Crippen molar-refractivity contribution < 1.29 is 0 Å². The first-order valence-electron chi connectivity index (χ1n) is 7.00. The number of benzene rings is 1. The van der Waals surface area contributed by atoms with Crippen LogP contribution < -0.4 is 10.6 Å². The zero-order chi connectivity index (χ0) is 14.9. The lowest BCUT2D eigenvalue weighted by molar-refractivity contribution is 0.788. The molecular weight excluding hydrogens is 429 g/mol. The van der Waals surface area contributed by atoms with Crippen molar-refractivity contribution in [3.8, 4) is 0 Å². The molecule has 1 aromatic carbocycles. The Bertz CT molecular complexity index is 572. The van der Waals surface area contributed by atoms with Crippen LogP contribution in [0.2, 0.25) is 4.34 Å². The van der Waals surface area contributed by atoms with Crippen molar-refractivity contribution in [1.29, 1.82) is 0 Å². The number of nitrogens with one attached hydrogen (secondary N) is 2. The smallest absolute Gasteiger partial charge is 0.190 e. The van der Waals surface area contributed by atoms with Crippen LogP contribution in [0.3, 0.4) is 0 Å². The van der Waals surface area contributed by atoms with Crippen LogP contribution in [0, 0.1) is 0 Å². The Balaban J connectivity index is 0.00000242. The number of aliphatic imine (C=N–C) groups is 1. The van der Waals surface area contributed by atoms with Crippen molar-refractivity contribution in [1.82, 2.24) is 10.6 Å². The van der Waals surface area contributed by atoms with Gasteiger partial charge in [-0.2, -0.15) is 0 Å². The average Bonchev–Trinajstić information content (AvgIpc) is 2.92. The average molecular weight is 450 g/mol. The molecule has 0 unspecified atom stereocenters. The predicted octanol–water partition coefficient (Wildman–Crippen LogP) is 3.97. The van der Waals surface area contributed by atoms with Crippen molar-refractivity contribution in [3.63, 3.8) is 0 Å². The summed E-state index contributed by atoms with van der Waals surface area (Å²) in [7, 11) is 1.79. The summed E-state index contributed by atoms with van der Waals surface area (Å²) in [6, 6.07) is 14.4. The van der Waals surface area contributed by atoms with Gasteiger partial charge in [-0.1, -0.05) is 41.9 Å². The van der Waals surface area contributed by atoms with E-state index in [1.54, 1.807) is 18.4 Å². The molecule has 0 saturated carbocycles. The molecule has 2 rings (SSSR count). The third-order valence-corrected chi connectivity index (χ3v) is 4.36. The van der Waals surface area contributed by atoms with Gasteiger partial charge in [0.15, 0.2) is 5.96 Å². The summed E-state index contributed by atoms with van der Waals surface area (Å²) in [5.74, 6) is 0.841. The fraction of sp³-hybridized carbons (Fsp3) is 0.312. The normalized spacial score (nSPS) is 10.9. The van der Waals surface area contributed by atoms with Crippen molar-refractivity contribution in [3.05, 3.63) is 57.2 Å². The number of hydrogen-bond acceptors (Lipinski definition) is 2. The molecule has 0 bridgehead atoms. The fourth-order valence-corrected chi connectivity index (χ4v) is 3.07. The number of halogens is 2. The molecule has 1 heterocycles. The first kappa shape index (κ1) is 19.3. The van der Waals surface area contributed by atoms with E-state index >= 15 is 0 Å². The van der Waals surface area contributed by atoms with E-state index < -0.39 is 0 Å². The summed E-state index contributed by atoms with van der Waals surface area (Å²) >= 11 is 7.55. The van der Waals surface area contributed by atoms with Crippen LogP contribution in [0.5, 0.6) is 0 Å². The second-order valence-electron chi connectivity index (χ2n) is 4.62. The second kappa shape index (κ2) is 10.9. The van der Waals surface area contributed by atoms with Gasteiger partial charge in [-0.05, 0) is 30.5 Å². The van der Waals surface area contributed by atoms with Gasteiger partial charge in [0, 0.05) is 25.0 Å². The number of rotatable bonds is 6. The van der Waals surface area contributed by atoms with Crippen LogP contribution in [-0.2, 0) is 12.8 Å². The molecule has 0 saturated heterocycles. The topological polar surface area (TPSA) is 36.4 Å². The highest BCUT2D eigenvalue weighted by atomic mass is 127. The molecule has 0 aliphatic rings. The summed E-state index contributed by atoms with van der Waals surface area (Å²) < 4.78 is 0.843. The number of thiophene rings is 1. The second-order valence-corrected chi connectivity index (χ2v) is 6.42. The number of nitrogens with zero attached hydrogens (tertiary/aromatic N) is 1. The minimum Gasteiger partial charge on any atom is -0.356 e. The Morgan fingerprint density at radius 1 is 1.05 bits per heavy atom. The van der Waals surface area contributed by atoms with Gasteiger partial charge in [-0.3, -0.25) is 4.99 Å². The molecule has 0 radical (unpaired) electrons. The van der Waals surface area contributed by atoms with Crippen molar-refractivity contribution >= 4 is 52.9 Å². The molecule has 120 valence electrons. The first-order chi connectivity index (χ1) is 10.3. The summed E-state index contributed by atoms with van der Waals surface area (Å²) in [5, 5.41) is 6.64. The molecule has 0 spiro atoms. The molecule has 0 fully saturated rings. The quantitative estimate of drug-likeness (QED) is 0.398. The minimum absolute atomic E-state index is 0. The van der Waals surface area contributed by atoms with E-state index in [2.05, 4.69) is 46.0 Å². The standard InChI is InChI=1S/C16H20ClN3S.HI/c1-18-16(19-11-9-13-5-3-2-4-6-13)20-12-10-14-7-8-15(17)21-14;/h2-8H,9-12H2,1H3,(H2,18,19,20);1H. The highest BCUT2D eigenvalue weighted by Gasteiger charge is 2.00. The zero-order valence-electron chi connectivity index (χ0n) is 12.5. The van der Waals surface area contributed by atoms with Crippen molar-refractivity contribution in [2.24, 2.45) is 4.99 Å². The molecule has 0 atom stereocenters. The predicted molar refractivity (Wildman–Crippen MR) is 108 cm³/mol. The molecule has 2 aromatic rings. The van der Waals surface area contributed by atoms with Crippen LogP contribution in [0.4, 0.5) is 0 Å². The van der Waals surface area contributed by atoms with Gasteiger partial charge in [-0.15, -0.1) is 35.3 Å². The summed E-state index contributed by atoms with van der Waals surface area (Å²) in [4.78, 5) is 5.51. The largest absolute Gasteiger partial charge is 0.356 e. The van der Waals surface area contributed by atoms with Crippen molar-refractivity contribution in [2.45, 2.75) is 12.8 Å². The molecule has 0 amide bonds. The van der Waals surface area contributed by atoms with Gasteiger partial charge in [0.2, 0.25) is 0 Å². The number of guanidine groups is 1. The number of hydrogen-bond donors (Lipinski definition) is 2. The third-order valence-electron chi connectivity index (χ3n) is 3.07. The highest BCUT2D eigenvalue weighted by molar-refractivity contribution is 14.0.